The molecule has 4 rings (SSSR count). The fourth-order valence-corrected chi connectivity index (χ4v) is 4.92. The average molecular weight is 500 g/mol. The summed E-state index contributed by atoms with van der Waals surface area (Å²) < 4.78 is 7.19. The van der Waals surface area contributed by atoms with Gasteiger partial charge in [0.25, 0.3) is 5.91 Å². The topological polar surface area (TPSA) is 96.5 Å². The van der Waals surface area contributed by atoms with Crippen molar-refractivity contribution in [1.82, 2.24) is 15.2 Å². The normalized spacial score (nSPS) is 12.2. The van der Waals surface area contributed by atoms with Gasteiger partial charge in [-0.2, -0.15) is 0 Å². The van der Waals surface area contributed by atoms with Crippen LogP contribution in [0.15, 0.2) is 64.1 Å². The summed E-state index contributed by atoms with van der Waals surface area (Å²) in [5.74, 6) is 0.0971. The molecule has 3 heterocycles. The van der Waals surface area contributed by atoms with Crippen LogP contribution in [0.3, 0.4) is 0 Å². The van der Waals surface area contributed by atoms with Crippen LogP contribution in [0.2, 0.25) is 5.02 Å². The number of aliphatic hydroxyl groups is 1. The lowest BCUT2D eigenvalue weighted by molar-refractivity contribution is 0.0949. The van der Waals surface area contributed by atoms with E-state index in [1.807, 2.05) is 22.8 Å². The Kier molecular flexibility index (Phi) is 7.84. The van der Waals surface area contributed by atoms with Crippen molar-refractivity contribution in [2.24, 2.45) is 0 Å². The van der Waals surface area contributed by atoms with Gasteiger partial charge in [0.1, 0.15) is 22.3 Å². The molecule has 1 atom stereocenters. The number of aryl methyl sites for hydroxylation is 1. The number of halogens is 1. The number of carbonyl (C=O) groups excluding carboxylic acids is 1. The number of benzene rings is 1. The smallest absolute Gasteiger partial charge is 0.257 e. The highest BCUT2D eigenvalue weighted by Gasteiger charge is 2.18. The molecule has 1 amide bonds. The number of nitrogens with zero attached hydrogens (tertiary/aromatic N) is 1. The van der Waals surface area contributed by atoms with Crippen molar-refractivity contribution in [1.29, 1.82) is 0 Å². The zero-order valence-electron chi connectivity index (χ0n) is 18.7. The molecule has 0 spiro atoms. The van der Waals surface area contributed by atoms with Crippen molar-refractivity contribution in [3.05, 3.63) is 91.9 Å². The lowest BCUT2D eigenvalue weighted by Gasteiger charge is -2.10. The van der Waals surface area contributed by atoms with Crippen LogP contribution >= 0.6 is 22.9 Å². The Morgan fingerprint density at radius 2 is 2.03 bits per heavy atom. The molecule has 0 radical (unpaired) electrons. The van der Waals surface area contributed by atoms with Crippen molar-refractivity contribution in [3.63, 3.8) is 0 Å². The Hall–Kier alpha value is -2.91. The van der Waals surface area contributed by atoms with Gasteiger partial charge in [0.05, 0.1) is 11.6 Å². The first-order valence-electron chi connectivity index (χ1n) is 11.1. The minimum atomic E-state index is -0.750. The molecule has 7 nitrogen and oxygen atoms in total. The predicted molar refractivity (Wildman–Crippen MR) is 134 cm³/mol. The van der Waals surface area contributed by atoms with Gasteiger partial charge in [-0.1, -0.05) is 30.7 Å². The Balaban J connectivity index is 1.51. The number of pyridine rings is 1. The van der Waals surface area contributed by atoms with Gasteiger partial charge in [0.15, 0.2) is 0 Å². The Bertz CT molecular complexity index is 1310. The van der Waals surface area contributed by atoms with Gasteiger partial charge >= 0.3 is 0 Å². The van der Waals surface area contributed by atoms with Gasteiger partial charge in [-0.05, 0) is 42.3 Å². The Morgan fingerprint density at radius 1 is 1.24 bits per heavy atom. The van der Waals surface area contributed by atoms with E-state index in [0.717, 1.165) is 21.7 Å². The second-order valence-corrected chi connectivity index (χ2v) is 9.52. The second kappa shape index (κ2) is 11.0. The number of fused-ring (bicyclic) bond motifs is 1. The van der Waals surface area contributed by atoms with Crippen LogP contribution in [-0.4, -0.2) is 22.1 Å². The number of amides is 1. The third-order valence-electron chi connectivity index (χ3n) is 5.38. The number of aromatic nitrogens is 1. The lowest BCUT2D eigenvalue weighted by Crippen LogP contribution is -2.29. The highest BCUT2D eigenvalue weighted by Crippen LogP contribution is 2.25. The van der Waals surface area contributed by atoms with E-state index in [1.165, 1.54) is 17.6 Å². The maximum Gasteiger partial charge on any atom is 0.257 e. The fraction of sp³-hybridized carbons (Fsp3) is 0.280. The summed E-state index contributed by atoms with van der Waals surface area (Å²) in [6.45, 7) is 3.85. The van der Waals surface area contributed by atoms with E-state index in [9.17, 15) is 14.7 Å². The fourth-order valence-electron chi connectivity index (χ4n) is 3.67. The van der Waals surface area contributed by atoms with Gasteiger partial charge in [0, 0.05) is 42.3 Å². The SMILES string of the molecule is CCCn1cc(C(=O)NCc2ccc(Cl)cc2)c(=O)c2cc(CNC[C@@H](O)c3ccco3)sc21. The van der Waals surface area contributed by atoms with Crippen LogP contribution in [0, 0.1) is 0 Å². The van der Waals surface area contributed by atoms with Gasteiger partial charge in [-0.15, -0.1) is 11.3 Å². The highest BCUT2D eigenvalue weighted by molar-refractivity contribution is 7.18. The van der Waals surface area contributed by atoms with E-state index in [1.54, 1.807) is 30.5 Å². The predicted octanol–water partition coefficient (Wildman–Crippen LogP) is 4.47. The van der Waals surface area contributed by atoms with Crippen molar-refractivity contribution >= 4 is 39.1 Å². The number of nitrogens with one attached hydrogen (secondary N) is 2. The number of furan rings is 1. The Morgan fingerprint density at radius 3 is 2.74 bits per heavy atom. The summed E-state index contributed by atoms with van der Waals surface area (Å²) in [6.07, 6.45) is 3.29. The van der Waals surface area contributed by atoms with Crippen molar-refractivity contribution in [3.8, 4) is 0 Å². The molecule has 3 aromatic heterocycles. The maximum absolute atomic E-state index is 13.2. The van der Waals surface area contributed by atoms with Gasteiger partial charge in [-0.3, -0.25) is 9.59 Å². The number of hydrogen-bond donors (Lipinski definition) is 3. The quantitative estimate of drug-likeness (QED) is 0.299. The number of aliphatic hydroxyl groups excluding tert-OH is 1. The van der Waals surface area contributed by atoms with Crippen LogP contribution in [0.25, 0.3) is 10.2 Å². The molecular weight excluding hydrogens is 474 g/mol. The number of thiophene rings is 1. The average Bonchev–Trinajstić information content (AvgIpc) is 3.51. The molecule has 178 valence electrons. The molecule has 0 saturated carbocycles. The molecule has 0 saturated heterocycles. The lowest BCUT2D eigenvalue weighted by atomic mass is 10.1. The number of carbonyl (C=O) groups is 1. The molecular formula is C25H26ClN3O4S. The van der Waals surface area contributed by atoms with Crippen LogP contribution in [0.1, 0.15) is 46.0 Å². The first kappa shape index (κ1) is 24.2. The molecule has 0 bridgehead atoms. The Labute approximate surface area is 206 Å². The van der Waals surface area contributed by atoms with Crippen molar-refractivity contribution < 1.29 is 14.3 Å². The standard InChI is InChI=1S/C25H26ClN3O4S/c1-2-9-29-15-20(24(32)28-12-16-5-7-17(26)8-6-16)23(31)19-11-18(34-25(19)29)13-27-14-21(30)22-4-3-10-33-22/h3-8,10-11,15,21,27,30H,2,9,12-14H2,1H3,(H,28,32)/t21-/m1/s1. The largest absolute Gasteiger partial charge is 0.467 e. The maximum atomic E-state index is 13.2. The third-order valence-corrected chi connectivity index (χ3v) is 6.81. The first-order valence-corrected chi connectivity index (χ1v) is 12.3. The van der Waals surface area contributed by atoms with Gasteiger partial charge < -0.3 is 24.7 Å². The summed E-state index contributed by atoms with van der Waals surface area (Å²) in [5, 5.41) is 17.4. The minimum absolute atomic E-state index is 0.125. The number of rotatable bonds is 10. The van der Waals surface area contributed by atoms with Crippen molar-refractivity contribution in [2.75, 3.05) is 6.54 Å². The molecule has 0 aliphatic carbocycles. The molecule has 0 aliphatic heterocycles. The van der Waals surface area contributed by atoms with Gasteiger partial charge in [-0.25, -0.2) is 0 Å². The van der Waals surface area contributed by atoms with Crippen LogP contribution in [-0.2, 0) is 19.6 Å². The number of hydrogen-bond acceptors (Lipinski definition) is 6. The van der Waals surface area contributed by atoms with E-state index in [2.05, 4.69) is 17.6 Å². The second-order valence-electron chi connectivity index (χ2n) is 7.97. The van der Waals surface area contributed by atoms with Crippen LogP contribution < -0.4 is 16.1 Å². The molecule has 34 heavy (non-hydrogen) atoms. The molecule has 1 aromatic carbocycles. The molecule has 4 aromatic rings. The van der Waals surface area contributed by atoms with E-state index in [4.69, 9.17) is 16.0 Å². The van der Waals surface area contributed by atoms with Crippen LogP contribution in [0.4, 0.5) is 0 Å². The summed E-state index contributed by atoms with van der Waals surface area (Å²) in [7, 11) is 0. The summed E-state index contributed by atoms with van der Waals surface area (Å²) >= 11 is 7.42. The third kappa shape index (κ3) is 5.59. The van der Waals surface area contributed by atoms with Gasteiger partial charge in [0.2, 0.25) is 5.43 Å². The van der Waals surface area contributed by atoms with E-state index in [-0.39, 0.29) is 11.0 Å². The summed E-state index contributed by atoms with van der Waals surface area (Å²) in [5.41, 5.74) is 0.739. The first-order chi connectivity index (χ1) is 16.5. The monoisotopic (exact) mass is 499 g/mol. The summed E-state index contributed by atoms with van der Waals surface area (Å²) in [4.78, 5) is 27.8. The molecule has 3 N–H and O–H groups in total. The van der Waals surface area contributed by atoms with Crippen molar-refractivity contribution in [2.45, 2.75) is 39.1 Å². The zero-order chi connectivity index (χ0) is 24.1. The molecule has 0 fully saturated rings. The highest BCUT2D eigenvalue weighted by atomic mass is 35.5. The molecule has 9 heteroatoms. The van der Waals surface area contributed by atoms with E-state index < -0.39 is 12.0 Å². The minimum Gasteiger partial charge on any atom is -0.467 e. The zero-order valence-corrected chi connectivity index (χ0v) is 20.3. The molecule has 0 unspecified atom stereocenters. The summed E-state index contributed by atoms with van der Waals surface area (Å²) in [6, 6.07) is 12.5. The van der Waals surface area contributed by atoms with E-state index >= 15 is 0 Å². The van der Waals surface area contributed by atoms with E-state index in [0.29, 0.717) is 42.3 Å². The molecule has 0 aliphatic rings. The van der Waals surface area contributed by atoms with Crippen LogP contribution in [0.5, 0.6) is 0 Å².